The number of pyridine rings is 1. The van der Waals surface area contributed by atoms with Crippen LogP contribution in [0.3, 0.4) is 0 Å². The second-order valence-electron chi connectivity index (χ2n) is 6.24. The van der Waals surface area contributed by atoms with E-state index in [0.717, 1.165) is 18.3 Å². The lowest BCUT2D eigenvalue weighted by atomic mass is 10.1. The van der Waals surface area contributed by atoms with E-state index in [0.29, 0.717) is 11.6 Å². The minimum atomic E-state index is -4.58. The van der Waals surface area contributed by atoms with Gasteiger partial charge in [-0.05, 0) is 30.3 Å². The highest BCUT2D eigenvalue weighted by atomic mass is 19.4. The highest BCUT2D eigenvalue weighted by molar-refractivity contribution is 6.04. The van der Waals surface area contributed by atoms with Gasteiger partial charge in [0.1, 0.15) is 35.0 Å². The summed E-state index contributed by atoms with van der Waals surface area (Å²) in [5, 5.41) is 2.22. The van der Waals surface area contributed by atoms with Crippen molar-refractivity contribution in [3.8, 4) is 11.3 Å². The van der Waals surface area contributed by atoms with Crippen molar-refractivity contribution in [2.75, 3.05) is 11.1 Å². The zero-order valence-electron chi connectivity index (χ0n) is 15.0. The molecule has 3 N–H and O–H groups in total. The summed E-state index contributed by atoms with van der Waals surface area (Å²) in [4.78, 5) is 24.1. The molecule has 152 valence electrons. The molecule has 0 radical (unpaired) electrons. The molecule has 11 heteroatoms. The van der Waals surface area contributed by atoms with E-state index in [2.05, 4.69) is 20.3 Å². The second kappa shape index (κ2) is 7.10. The van der Waals surface area contributed by atoms with Crippen LogP contribution in [0.4, 0.5) is 29.2 Å². The number of carbonyl (C=O) groups is 1. The van der Waals surface area contributed by atoms with E-state index in [1.165, 1.54) is 24.7 Å². The highest BCUT2D eigenvalue weighted by Gasteiger charge is 2.31. The maximum Gasteiger partial charge on any atom is 0.416 e. The molecule has 0 aliphatic heterocycles. The number of aromatic nitrogens is 4. The molecule has 4 aromatic rings. The van der Waals surface area contributed by atoms with Gasteiger partial charge in [0.25, 0.3) is 5.91 Å². The first-order chi connectivity index (χ1) is 14.2. The van der Waals surface area contributed by atoms with Crippen molar-refractivity contribution in [2.45, 2.75) is 6.18 Å². The Labute approximate surface area is 166 Å². The first kappa shape index (κ1) is 19.3. The van der Waals surface area contributed by atoms with Gasteiger partial charge in [-0.3, -0.25) is 4.79 Å². The third-order valence-electron chi connectivity index (χ3n) is 4.29. The summed E-state index contributed by atoms with van der Waals surface area (Å²) in [5.41, 5.74) is 5.51. The van der Waals surface area contributed by atoms with E-state index >= 15 is 0 Å². The first-order valence-electron chi connectivity index (χ1n) is 8.45. The lowest BCUT2D eigenvalue weighted by Gasteiger charge is -2.10. The molecule has 0 saturated heterocycles. The molecular weight excluding hydrogens is 404 g/mol. The number of nitrogens with zero attached hydrogens (tertiary/aromatic N) is 4. The largest absolute Gasteiger partial charge is 0.416 e. The van der Waals surface area contributed by atoms with E-state index in [1.807, 2.05) is 0 Å². The van der Waals surface area contributed by atoms with Crippen molar-refractivity contribution in [3.63, 3.8) is 0 Å². The summed E-state index contributed by atoms with van der Waals surface area (Å²) in [6.45, 7) is 0. The van der Waals surface area contributed by atoms with Crippen molar-refractivity contribution in [3.05, 3.63) is 72.2 Å². The average Bonchev–Trinajstić information content (AvgIpc) is 3.13. The Bertz CT molecular complexity index is 1270. The number of rotatable bonds is 3. The van der Waals surface area contributed by atoms with Crippen LogP contribution in [0.5, 0.6) is 0 Å². The first-order valence-corrected chi connectivity index (χ1v) is 8.45. The molecule has 0 fully saturated rings. The fourth-order valence-electron chi connectivity index (χ4n) is 2.88. The molecule has 1 aromatic carbocycles. The predicted molar refractivity (Wildman–Crippen MR) is 100.0 cm³/mol. The quantitative estimate of drug-likeness (QED) is 0.496. The van der Waals surface area contributed by atoms with Crippen LogP contribution in [0.1, 0.15) is 15.9 Å². The number of fused-ring (bicyclic) bond motifs is 1. The topological polar surface area (TPSA) is 98.2 Å². The molecule has 0 spiro atoms. The van der Waals surface area contributed by atoms with Gasteiger partial charge in [0, 0.05) is 29.7 Å². The number of hydrogen-bond donors (Lipinski definition) is 2. The van der Waals surface area contributed by atoms with Gasteiger partial charge in [-0.15, -0.1) is 0 Å². The number of halogens is 4. The lowest BCUT2D eigenvalue weighted by Crippen LogP contribution is -2.14. The van der Waals surface area contributed by atoms with Crippen molar-refractivity contribution in [1.82, 2.24) is 19.4 Å². The SMILES string of the molecule is Nc1nccn2cnc(-c3ccc(C(=O)Nc4cc(C(F)(F)F)ccn4)cc3F)c12. The Hall–Kier alpha value is -4.02. The van der Waals surface area contributed by atoms with Gasteiger partial charge >= 0.3 is 6.18 Å². The lowest BCUT2D eigenvalue weighted by molar-refractivity contribution is -0.137. The van der Waals surface area contributed by atoms with Crippen LogP contribution in [0, 0.1) is 5.82 Å². The normalized spacial score (nSPS) is 11.6. The molecule has 0 aliphatic carbocycles. The second-order valence-corrected chi connectivity index (χ2v) is 6.24. The average molecular weight is 416 g/mol. The summed E-state index contributed by atoms with van der Waals surface area (Å²) < 4.78 is 54.7. The fourth-order valence-corrected chi connectivity index (χ4v) is 2.88. The summed E-state index contributed by atoms with van der Waals surface area (Å²) in [6.07, 6.45) is 0.857. The van der Waals surface area contributed by atoms with Gasteiger partial charge in [-0.1, -0.05) is 0 Å². The van der Waals surface area contributed by atoms with Crippen LogP contribution in [0.2, 0.25) is 0 Å². The van der Waals surface area contributed by atoms with E-state index < -0.39 is 23.5 Å². The number of amides is 1. The number of benzene rings is 1. The Morgan fingerprint density at radius 1 is 1.07 bits per heavy atom. The maximum absolute atomic E-state index is 14.7. The molecule has 0 saturated carbocycles. The number of imidazole rings is 1. The Balaban J connectivity index is 1.63. The van der Waals surface area contributed by atoms with Gasteiger partial charge in [-0.2, -0.15) is 13.2 Å². The maximum atomic E-state index is 14.7. The summed E-state index contributed by atoms with van der Waals surface area (Å²) in [7, 11) is 0. The van der Waals surface area contributed by atoms with Crippen molar-refractivity contribution >= 4 is 23.1 Å². The minimum absolute atomic E-state index is 0.0888. The Kier molecular flexibility index (Phi) is 4.57. The predicted octanol–water partition coefficient (Wildman–Crippen LogP) is 3.78. The van der Waals surface area contributed by atoms with Crippen LogP contribution in [-0.4, -0.2) is 25.3 Å². The number of anilines is 2. The van der Waals surface area contributed by atoms with Crippen molar-refractivity contribution in [2.24, 2.45) is 0 Å². The van der Waals surface area contributed by atoms with Gasteiger partial charge in [0.05, 0.1) is 5.56 Å². The molecule has 0 aliphatic rings. The number of alkyl halides is 3. The molecule has 0 atom stereocenters. The number of carbonyl (C=O) groups excluding carboxylic acids is 1. The number of nitrogens with one attached hydrogen (secondary N) is 1. The zero-order chi connectivity index (χ0) is 21.5. The molecule has 3 aromatic heterocycles. The summed E-state index contributed by atoms with van der Waals surface area (Å²) in [6, 6.07) is 5.07. The van der Waals surface area contributed by atoms with Crippen LogP contribution in [0.15, 0.2) is 55.2 Å². The minimum Gasteiger partial charge on any atom is -0.382 e. The van der Waals surface area contributed by atoms with Gasteiger partial charge < -0.3 is 15.5 Å². The van der Waals surface area contributed by atoms with Gasteiger partial charge in [0.15, 0.2) is 0 Å². The number of nitrogen functional groups attached to an aromatic ring is 1. The number of nitrogens with two attached hydrogens (primary N) is 1. The fraction of sp³-hybridized carbons (Fsp3) is 0.0526. The molecular formula is C19H12F4N6O. The third kappa shape index (κ3) is 3.52. The van der Waals surface area contributed by atoms with Gasteiger partial charge in [-0.25, -0.2) is 19.3 Å². The van der Waals surface area contributed by atoms with Crippen molar-refractivity contribution < 1.29 is 22.4 Å². The molecule has 0 bridgehead atoms. The number of hydrogen-bond acceptors (Lipinski definition) is 5. The van der Waals surface area contributed by atoms with Crippen LogP contribution in [-0.2, 0) is 6.18 Å². The molecule has 3 heterocycles. The van der Waals surface area contributed by atoms with E-state index in [9.17, 15) is 22.4 Å². The third-order valence-corrected chi connectivity index (χ3v) is 4.29. The van der Waals surface area contributed by atoms with Crippen molar-refractivity contribution in [1.29, 1.82) is 0 Å². The molecule has 4 rings (SSSR count). The summed E-state index contributed by atoms with van der Waals surface area (Å²) >= 11 is 0. The zero-order valence-corrected chi connectivity index (χ0v) is 15.0. The molecule has 7 nitrogen and oxygen atoms in total. The van der Waals surface area contributed by atoms with Crippen LogP contribution >= 0.6 is 0 Å². The monoisotopic (exact) mass is 416 g/mol. The smallest absolute Gasteiger partial charge is 0.382 e. The summed E-state index contributed by atoms with van der Waals surface area (Å²) in [5.74, 6) is -1.73. The van der Waals surface area contributed by atoms with E-state index in [1.54, 1.807) is 10.6 Å². The van der Waals surface area contributed by atoms with Crippen LogP contribution in [0.25, 0.3) is 16.8 Å². The molecule has 0 unspecified atom stereocenters. The van der Waals surface area contributed by atoms with Crippen LogP contribution < -0.4 is 11.1 Å². The Morgan fingerprint density at radius 3 is 2.60 bits per heavy atom. The van der Waals surface area contributed by atoms with E-state index in [-0.39, 0.29) is 28.5 Å². The molecule has 30 heavy (non-hydrogen) atoms. The Morgan fingerprint density at radius 2 is 1.87 bits per heavy atom. The van der Waals surface area contributed by atoms with Gasteiger partial charge in [0.2, 0.25) is 0 Å². The van der Waals surface area contributed by atoms with E-state index in [4.69, 9.17) is 5.73 Å². The molecule has 1 amide bonds. The standard InChI is InChI=1S/C19H12F4N6O/c20-13-7-10(18(30)28-14-8-11(3-4-25-14)19(21,22)23)1-2-12(13)15-16-17(24)26-5-6-29(16)9-27-15/h1-9H,(H2,24,26)(H,25,28,30). The highest BCUT2D eigenvalue weighted by Crippen LogP contribution is 2.31.